The van der Waals surface area contributed by atoms with E-state index < -0.39 is 11.9 Å². The molecule has 0 amide bonds. The molecule has 2 rings (SSSR count). The molecule has 92 valence electrons. The molecule has 1 fully saturated rings. The van der Waals surface area contributed by atoms with Crippen molar-refractivity contribution in [3.05, 3.63) is 29.6 Å². The number of halogens is 1. The average molecular weight is 238 g/mol. The van der Waals surface area contributed by atoms with E-state index in [0.29, 0.717) is 11.3 Å². The summed E-state index contributed by atoms with van der Waals surface area (Å²) >= 11 is 0. The van der Waals surface area contributed by atoms with Gasteiger partial charge in [0.25, 0.3) is 0 Å². The van der Waals surface area contributed by atoms with Gasteiger partial charge in [-0.1, -0.05) is 13.8 Å². The van der Waals surface area contributed by atoms with Gasteiger partial charge in [-0.05, 0) is 23.6 Å². The Morgan fingerprint density at radius 3 is 2.59 bits per heavy atom. The number of rotatable bonds is 3. The Labute approximate surface area is 99.2 Å². The highest BCUT2D eigenvalue weighted by atomic mass is 19.1. The molecule has 2 atom stereocenters. The molecule has 1 aromatic rings. The second-order valence-electron chi connectivity index (χ2n) is 5.00. The zero-order valence-electron chi connectivity index (χ0n) is 10.0. The Morgan fingerprint density at radius 2 is 2.12 bits per heavy atom. The lowest BCUT2D eigenvalue weighted by atomic mass is 10.0. The number of hydrogen-bond acceptors (Lipinski definition) is 2. The molecule has 0 heterocycles. The van der Waals surface area contributed by atoms with Crippen LogP contribution in [0.3, 0.4) is 0 Å². The standard InChI is InChI=1S/C13H15FO3/c1-13(2)10(11(13)12(15)16)8-6-7(14)4-5-9(8)17-3/h4-6,10-11H,1-3H3,(H,15,16)/t10-,11+/m1/s1. The van der Waals surface area contributed by atoms with Gasteiger partial charge in [-0.15, -0.1) is 0 Å². The molecule has 0 bridgehead atoms. The van der Waals surface area contributed by atoms with Crippen molar-refractivity contribution in [3.8, 4) is 5.75 Å². The van der Waals surface area contributed by atoms with Crippen LogP contribution in [0.2, 0.25) is 0 Å². The first-order valence-corrected chi connectivity index (χ1v) is 5.46. The Morgan fingerprint density at radius 1 is 1.47 bits per heavy atom. The van der Waals surface area contributed by atoms with Gasteiger partial charge in [0, 0.05) is 11.5 Å². The average Bonchev–Trinajstić information content (AvgIpc) is 2.81. The van der Waals surface area contributed by atoms with E-state index in [-0.39, 0.29) is 17.2 Å². The van der Waals surface area contributed by atoms with Crippen LogP contribution in [-0.2, 0) is 4.79 Å². The first kappa shape index (κ1) is 11.9. The highest BCUT2D eigenvalue weighted by Crippen LogP contribution is 2.65. The maximum Gasteiger partial charge on any atom is 0.307 e. The number of carbonyl (C=O) groups is 1. The molecular weight excluding hydrogens is 223 g/mol. The maximum absolute atomic E-state index is 13.2. The molecule has 0 aliphatic heterocycles. The van der Waals surface area contributed by atoms with Crippen molar-refractivity contribution in [2.45, 2.75) is 19.8 Å². The molecule has 3 nitrogen and oxygen atoms in total. The van der Waals surface area contributed by atoms with Crippen LogP contribution in [0.25, 0.3) is 0 Å². The Bertz CT molecular complexity index is 468. The molecule has 0 unspecified atom stereocenters. The minimum Gasteiger partial charge on any atom is -0.496 e. The summed E-state index contributed by atoms with van der Waals surface area (Å²) in [5.41, 5.74) is 0.289. The molecule has 17 heavy (non-hydrogen) atoms. The third-order valence-electron chi connectivity index (χ3n) is 3.62. The Kier molecular flexibility index (Phi) is 2.60. The molecule has 1 aromatic carbocycles. The quantitative estimate of drug-likeness (QED) is 0.880. The third kappa shape index (κ3) is 1.77. The predicted octanol–water partition coefficient (Wildman–Crippen LogP) is 2.66. The van der Waals surface area contributed by atoms with Crippen LogP contribution in [0.4, 0.5) is 4.39 Å². The van der Waals surface area contributed by atoms with Gasteiger partial charge in [0.1, 0.15) is 11.6 Å². The van der Waals surface area contributed by atoms with Crippen molar-refractivity contribution in [2.75, 3.05) is 7.11 Å². The number of ether oxygens (including phenoxy) is 1. The van der Waals surface area contributed by atoms with E-state index >= 15 is 0 Å². The largest absolute Gasteiger partial charge is 0.496 e. The molecule has 4 heteroatoms. The molecule has 0 spiro atoms. The first-order chi connectivity index (χ1) is 7.89. The van der Waals surface area contributed by atoms with Gasteiger partial charge in [0.15, 0.2) is 0 Å². The van der Waals surface area contributed by atoms with Crippen LogP contribution in [0.15, 0.2) is 18.2 Å². The fraction of sp³-hybridized carbons (Fsp3) is 0.462. The molecule has 1 aliphatic rings. The van der Waals surface area contributed by atoms with Crippen molar-refractivity contribution in [1.29, 1.82) is 0 Å². The van der Waals surface area contributed by atoms with Gasteiger partial charge >= 0.3 is 5.97 Å². The molecule has 0 saturated heterocycles. The Hall–Kier alpha value is -1.58. The van der Waals surface area contributed by atoms with E-state index in [1.54, 1.807) is 0 Å². The van der Waals surface area contributed by atoms with Crippen LogP contribution in [0.5, 0.6) is 5.75 Å². The Balaban J connectivity index is 2.42. The highest BCUT2D eigenvalue weighted by Gasteiger charge is 2.63. The van der Waals surface area contributed by atoms with E-state index in [0.717, 1.165) is 0 Å². The van der Waals surface area contributed by atoms with Crippen molar-refractivity contribution in [3.63, 3.8) is 0 Å². The van der Waals surface area contributed by atoms with Crippen LogP contribution in [0.1, 0.15) is 25.3 Å². The van der Waals surface area contributed by atoms with Gasteiger partial charge in [-0.2, -0.15) is 0 Å². The minimum absolute atomic E-state index is 0.189. The third-order valence-corrected chi connectivity index (χ3v) is 3.62. The topological polar surface area (TPSA) is 46.5 Å². The molecule has 1 aliphatic carbocycles. The second kappa shape index (κ2) is 3.72. The van der Waals surface area contributed by atoms with Crippen LogP contribution in [-0.4, -0.2) is 18.2 Å². The molecular formula is C13H15FO3. The minimum atomic E-state index is -0.841. The van der Waals surface area contributed by atoms with Crippen LogP contribution < -0.4 is 4.74 Å². The van der Waals surface area contributed by atoms with E-state index in [1.165, 1.54) is 25.3 Å². The zero-order chi connectivity index (χ0) is 12.8. The summed E-state index contributed by atoms with van der Waals surface area (Å²) in [6.45, 7) is 3.75. The fourth-order valence-corrected chi connectivity index (χ4v) is 2.63. The van der Waals surface area contributed by atoms with Crippen molar-refractivity contribution in [2.24, 2.45) is 11.3 Å². The number of benzene rings is 1. The van der Waals surface area contributed by atoms with E-state index in [4.69, 9.17) is 9.84 Å². The van der Waals surface area contributed by atoms with Crippen molar-refractivity contribution < 1.29 is 19.0 Å². The molecule has 0 radical (unpaired) electrons. The highest BCUT2D eigenvalue weighted by molar-refractivity contribution is 5.78. The predicted molar refractivity (Wildman–Crippen MR) is 60.6 cm³/mol. The summed E-state index contributed by atoms with van der Waals surface area (Å²) in [5, 5.41) is 9.12. The van der Waals surface area contributed by atoms with Gasteiger partial charge in [-0.3, -0.25) is 4.79 Å². The molecule has 0 aromatic heterocycles. The summed E-state index contributed by atoms with van der Waals surface area (Å²) < 4.78 is 18.4. The summed E-state index contributed by atoms with van der Waals surface area (Å²) in [5.74, 6) is -1.32. The number of carboxylic acid groups (broad SMARTS) is 1. The fourth-order valence-electron chi connectivity index (χ4n) is 2.63. The number of hydrogen-bond donors (Lipinski definition) is 1. The normalized spacial score (nSPS) is 25.4. The summed E-state index contributed by atoms with van der Waals surface area (Å²) in [6, 6.07) is 4.22. The van der Waals surface area contributed by atoms with Gasteiger partial charge in [-0.25, -0.2) is 4.39 Å². The summed E-state index contributed by atoms with van der Waals surface area (Å²) in [6.07, 6.45) is 0. The number of aliphatic carboxylic acids is 1. The van der Waals surface area contributed by atoms with E-state index in [2.05, 4.69) is 0 Å². The van der Waals surface area contributed by atoms with Crippen molar-refractivity contribution >= 4 is 5.97 Å². The second-order valence-corrected chi connectivity index (χ2v) is 5.00. The van der Waals surface area contributed by atoms with Crippen LogP contribution in [0, 0.1) is 17.2 Å². The monoisotopic (exact) mass is 238 g/mol. The zero-order valence-corrected chi connectivity index (χ0v) is 10.0. The lowest BCUT2D eigenvalue weighted by Crippen LogP contribution is -2.03. The molecule has 1 saturated carbocycles. The van der Waals surface area contributed by atoms with Crippen molar-refractivity contribution in [1.82, 2.24) is 0 Å². The first-order valence-electron chi connectivity index (χ1n) is 5.46. The maximum atomic E-state index is 13.2. The SMILES string of the molecule is COc1ccc(F)cc1[C@@H]1[C@@H](C(=O)O)C1(C)C. The van der Waals surface area contributed by atoms with E-state index in [1.807, 2.05) is 13.8 Å². The number of carboxylic acids is 1. The van der Waals surface area contributed by atoms with Gasteiger partial charge < -0.3 is 9.84 Å². The molecule has 1 N–H and O–H groups in total. The van der Waals surface area contributed by atoms with Gasteiger partial charge in [0.2, 0.25) is 0 Å². The lowest BCUT2D eigenvalue weighted by molar-refractivity contribution is -0.139. The van der Waals surface area contributed by atoms with Gasteiger partial charge in [0.05, 0.1) is 13.0 Å². The summed E-state index contributed by atoms with van der Waals surface area (Å²) in [4.78, 5) is 11.1. The smallest absolute Gasteiger partial charge is 0.307 e. The lowest BCUT2D eigenvalue weighted by Gasteiger charge is -2.09. The van der Waals surface area contributed by atoms with Crippen LogP contribution >= 0.6 is 0 Å². The van der Waals surface area contributed by atoms with E-state index in [9.17, 15) is 9.18 Å². The summed E-state index contributed by atoms with van der Waals surface area (Å²) in [7, 11) is 1.50. The number of methoxy groups -OCH3 is 1.